The summed E-state index contributed by atoms with van der Waals surface area (Å²) in [5, 5.41) is 9.14. The van der Waals surface area contributed by atoms with E-state index in [9.17, 15) is 26.4 Å². The number of carboxylic acid groups (broad SMARTS) is 1. The summed E-state index contributed by atoms with van der Waals surface area (Å²) in [7, 11) is -3.93. The van der Waals surface area contributed by atoms with Gasteiger partial charge in [-0.1, -0.05) is 0 Å². The van der Waals surface area contributed by atoms with Crippen molar-refractivity contribution >= 4 is 22.1 Å². The monoisotopic (exact) mass is 393 g/mol. The summed E-state index contributed by atoms with van der Waals surface area (Å²) in [6, 6.07) is 3.37. The molecule has 0 aliphatic carbocycles. The summed E-state index contributed by atoms with van der Waals surface area (Å²) >= 11 is 0. The highest BCUT2D eigenvalue weighted by molar-refractivity contribution is 7.89. The molecule has 1 aromatic rings. The van der Waals surface area contributed by atoms with Crippen molar-refractivity contribution in [3.8, 4) is 5.75 Å². The quantitative estimate of drug-likeness (QED) is 0.802. The zero-order valence-corrected chi connectivity index (χ0v) is 15.0. The van der Waals surface area contributed by atoms with Crippen LogP contribution in [-0.4, -0.2) is 43.7 Å². The minimum absolute atomic E-state index is 0.00917. The van der Waals surface area contributed by atoms with Gasteiger partial charge in [0.15, 0.2) is 12.8 Å². The van der Waals surface area contributed by atoms with E-state index >= 15 is 0 Å². The number of benzene rings is 1. The number of nitrogens with one attached hydrogen (secondary N) is 1. The molecule has 0 aromatic heterocycles. The molecule has 0 saturated heterocycles. The molecule has 1 atom stereocenters. The molecule has 0 amide bonds. The first kappa shape index (κ1) is 20.2. The van der Waals surface area contributed by atoms with Gasteiger partial charge in [-0.3, -0.25) is 0 Å². The van der Waals surface area contributed by atoms with Crippen LogP contribution in [0.3, 0.4) is 0 Å². The first-order chi connectivity index (χ1) is 11.8. The van der Waals surface area contributed by atoms with Crippen LogP contribution < -0.4 is 9.46 Å². The second-order valence-electron chi connectivity index (χ2n) is 6.85. The van der Waals surface area contributed by atoms with Gasteiger partial charge >= 0.3 is 11.9 Å². The van der Waals surface area contributed by atoms with E-state index in [1.54, 1.807) is 20.8 Å². The van der Waals surface area contributed by atoms with E-state index < -0.39 is 45.8 Å². The highest BCUT2D eigenvalue weighted by atomic mass is 32.2. The Morgan fingerprint density at radius 1 is 1.31 bits per heavy atom. The summed E-state index contributed by atoms with van der Waals surface area (Å²) in [5.41, 5.74) is -1.63. The molecular weight excluding hydrogens is 375 g/mol. The number of hydrogen-bond acceptors (Lipinski definition) is 4. The van der Waals surface area contributed by atoms with Crippen LogP contribution >= 0.6 is 0 Å². The topological polar surface area (TPSA) is 92.7 Å². The van der Waals surface area contributed by atoms with Gasteiger partial charge in [0.05, 0.1) is 10.5 Å². The van der Waals surface area contributed by atoms with E-state index in [0.29, 0.717) is 0 Å². The lowest BCUT2D eigenvalue weighted by molar-refractivity contribution is -0.139. The standard InChI is InChI=1S/C16H18F3NO5S/c1-15(2,3)20-26(23,24)10-4-5-12-9(6-10)7-11(14(21)22)13(25-12)16(18,19)8-17/h4-7,13,20H,8H2,1-3H3,(H,21,22). The first-order valence-corrected chi connectivity index (χ1v) is 8.98. The number of alkyl halides is 3. The third-order valence-electron chi connectivity index (χ3n) is 3.38. The van der Waals surface area contributed by atoms with E-state index in [1.165, 1.54) is 0 Å². The molecule has 6 nitrogen and oxygen atoms in total. The van der Waals surface area contributed by atoms with E-state index in [4.69, 9.17) is 9.84 Å². The molecule has 1 heterocycles. The Labute approximate surface area is 148 Å². The maximum absolute atomic E-state index is 13.7. The third kappa shape index (κ3) is 4.18. The molecule has 2 N–H and O–H groups in total. The molecule has 0 radical (unpaired) electrons. The van der Waals surface area contributed by atoms with Crippen LogP contribution in [0.5, 0.6) is 5.75 Å². The van der Waals surface area contributed by atoms with E-state index in [-0.39, 0.29) is 16.2 Å². The summed E-state index contributed by atoms with van der Waals surface area (Å²) in [4.78, 5) is 11.1. The van der Waals surface area contributed by atoms with Crippen LogP contribution in [0.25, 0.3) is 6.08 Å². The van der Waals surface area contributed by atoms with Crippen molar-refractivity contribution in [3.05, 3.63) is 29.3 Å². The molecule has 144 valence electrons. The predicted molar refractivity (Wildman–Crippen MR) is 87.5 cm³/mol. The van der Waals surface area contributed by atoms with Crippen LogP contribution in [0.1, 0.15) is 26.3 Å². The number of ether oxygens (including phenoxy) is 1. The largest absolute Gasteiger partial charge is 0.478 e. The van der Waals surface area contributed by atoms with E-state index in [2.05, 4.69) is 4.72 Å². The smallest absolute Gasteiger partial charge is 0.335 e. The van der Waals surface area contributed by atoms with Crippen LogP contribution in [0.15, 0.2) is 28.7 Å². The van der Waals surface area contributed by atoms with Crippen LogP contribution in [0, 0.1) is 0 Å². The average molecular weight is 393 g/mol. The van der Waals surface area contributed by atoms with Crippen LogP contribution in [0.2, 0.25) is 0 Å². The third-order valence-corrected chi connectivity index (χ3v) is 5.13. The van der Waals surface area contributed by atoms with Gasteiger partial charge in [-0.15, -0.1) is 0 Å². The Balaban J connectivity index is 2.51. The Morgan fingerprint density at radius 2 is 1.92 bits per heavy atom. The van der Waals surface area contributed by atoms with Crippen molar-refractivity contribution in [1.29, 1.82) is 0 Å². The maximum Gasteiger partial charge on any atom is 0.335 e. The summed E-state index contributed by atoms with van der Waals surface area (Å²) in [6.07, 6.45) is -1.45. The number of carboxylic acids is 1. The number of sulfonamides is 1. The van der Waals surface area contributed by atoms with Crippen LogP contribution in [0.4, 0.5) is 13.2 Å². The van der Waals surface area contributed by atoms with Crippen molar-refractivity contribution in [3.63, 3.8) is 0 Å². The Morgan fingerprint density at radius 3 is 2.42 bits per heavy atom. The molecule has 10 heteroatoms. The molecule has 0 bridgehead atoms. The molecule has 2 rings (SSSR count). The maximum atomic E-state index is 13.7. The number of rotatable bonds is 5. The zero-order chi connectivity index (χ0) is 19.9. The van der Waals surface area contributed by atoms with Gasteiger partial charge in [-0.25, -0.2) is 22.3 Å². The molecule has 1 unspecified atom stereocenters. The normalized spacial score (nSPS) is 17.9. The highest BCUT2D eigenvalue weighted by Gasteiger charge is 2.48. The summed E-state index contributed by atoms with van der Waals surface area (Å²) < 4.78 is 72.1. The Hall–Kier alpha value is -2.07. The Kier molecular flexibility index (Phi) is 5.13. The Bertz CT molecular complexity index is 859. The van der Waals surface area contributed by atoms with Crippen molar-refractivity contribution in [2.45, 2.75) is 43.2 Å². The molecule has 1 aliphatic heterocycles. The summed E-state index contributed by atoms with van der Waals surface area (Å²) in [6.45, 7) is 2.81. The first-order valence-electron chi connectivity index (χ1n) is 7.50. The average Bonchev–Trinajstić information content (AvgIpc) is 2.50. The predicted octanol–water partition coefficient (Wildman–Crippen LogP) is 2.60. The molecule has 26 heavy (non-hydrogen) atoms. The zero-order valence-electron chi connectivity index (χ0n) is 14.2. The summed E-state index contributed by atoms with van der Waals surface area (Å²) in [5.74, 6) is -5.92. The van der Waals surface area contributed by atoms with Gasteiger partial charge in [-0.2, -0.15) is 8.78 Å². The van der Waals surface area contributed by atoms with Crippen molar-refractivity contribution < 1.29 is 36.2 Å². The molecule has 0 fully saturated rings. The number of fused-ring (bicyclic) bond motifs is 1. The molecule has 1 aromatic carbocycles. The van der Waals surface area contributed by atoms with E-state index in [0.717, 1.165) is 24.3 Å². The van der Waals surface area contributed by atoms with Gasteiger partial charge in [0, 0.05) is 11.1 Å². The molecule has 1 aliphatic rings. The van der Waals surface area contributed by atoms with Gasteiger partial charge in [0.2, 0.25) is 10.0 Å². The van der Waals surface area contributed by atoms with Gasteiger partial charge in [-0.05, 0) is 45.0 Å². The number of carbonyl (C=O) groups is 1. The fourth-order valence-corrected chi connectivity index (χ4v) is 3.82. The number of aliphatic carboxylic acids is 1. The lowest BCUT2D eigenvalue weighted by Gasteiger charge is -2.30. The number of hydrogen-bond donors (Lipinski definition) is 2. The van der Waals surface area contributed by atoms with Crippen molar-refractivity contribution in [2.24, 2.45) is 0 Å². The fraction of sp³-hybridized carbons (Fsp3) is 0.438. The molecular formula is C16H18F3NO5S. The molecule has 0 saturated carbocycles. The lowest BCUT2D eigenvalue weighted by atomic mass is 9.98. The molecule has 0 spiro atoms. The van der Waals surface area contributed by atoms with Crippen molar-refractivity contribution in [1.82, 2.24) is 4.72 Å². The fourth-order valence-electron chi connectivity index (χ4n) is 2.37. The highest BCUT2D eigenvalue weighted by Crippen LogP contribution is 2.37. The minimum Gasteiger partial charge on any atom is -0.478 e. The van der Waals surface area contributed by atoms with Gasteiger partial charge in [0.25, 0.3) is 0 Å². The van der Waals surface area contributed by atoms with Gasteiger partial charge < -0.3 is 9.84 Å². The second-order valence-corrected chi connectivity index (χ2v) is 8.53. The second kappa shape index (κ2) is 6.58. The van der Waals surface area contributed by atoms with E-state index in [1.807, 2.05) is 0 Å². The minimum atomic E-state index is -4.04. The van der Waals surface area contributed by atoms with Crippen LogP contribution in [-0.2, 0) is 14.8 Å². The lowest BCUT2D eigenvalue weighted by Crippen LogP contribution is -2.44. The van der Waals surface area contributed by atoms with Gasteiger partial charge in [0.1, 0.15) is 5.75 Å². The SMILES string of the molecule is CC(C)(C)NS(=O)(=O)c1ccc2c(c1)C=C(C(=O)O)C(C(F)(F)CF)O2. The van der Waals surface area contributed by atoms with Crippen molar-refractivity contribution in [2.75, 3.05) is 6.67 Å². The number of halogens is 3.